The van der Waals surface area contributed by atoms with Crippen LogP contribution in [0.2, 0.25) is 0 Å². The van der Waals surface area contributed by atoms with Crippen LogP contribution in [0.25, 0.3) is 0 Å². The number of amides is 2. The average Bonchev–Trinajstić information content (AvgIpc) is 2.36. The van der Waals surface area contributed by atoms with Gasteiger partial charge in [0, 0.05) is 19.6 Å². The van der Waals surface area contributed by atoms with E-state index in [4.69, 9.17) is 0 Å². The SMILES string of the molecule is CC1=CCN(C(=O)N2CCCC(C)(C)C2C(=O)O)CC1. The molecule has 0 aromatic rings. The summed E-state index contributed by atoms with van der Waals surface area (Å²) in [6.45, 7) is 7.75. The molecule has 2 amide bonds. The first kappa shape index (κ1) is 14.9. The van der Waals surface area contributed by atoms with Crippen LogP contribution in [0.3, 0.4) is 0 Å². The van der Waals surface area contributed by atoms with Crippen LogP contribution < -0.4 is 0 Å². The number of nitrogens with zero attached hydrogens (tertiary/aromatic N) is 2. The van der Waals surface area contributed by atoms with Crippen molar-refractivity contribution < 1.29 is 14.7 Å². The molecule has 0 bridgehead atoms. The third-order valence-corrected chi connectivity index (χ3v) is 4.46. The summed E-state index contributed by atoms with van der Waals surface area (Å²) in [7, 11) is 0. The number of aliphatic carboxylic acids is 1. The number of carboxylic acids is 1. The molecule has 0 radical (unpaired) electrons. The maximum atomic E-state index is 12.6. The van der Waals surface area contributed by atoms with E-state index in [9.17, 15) is 14.7 Å². The highest BCUT2D eigenvalue weighted by atomic mass is 16.4. The van der Waals surface area contributed by atoms with E-state index in [1.807, 2.05) is 19.9 Å². The number of urea groups is 1. The standard InChI is InChI=1S/C15H24N2O3/c1-11-5-9-16(10-6-11)14(20)17-8-4-7-15(2,3)12(17)13(18)19/h5,12H,4,6-10H2,1-3H3,(H,18,19). The Morgan fingerprint density at radius 2 is 2.05 bits per heavy atom. The van der Waals surface area contributed by atoms with Crippen molar-refractivity contribution in [1.29, 1.82) is 0 Å². The minimum Gasteiger partial charge on any atom is -0.480 e. The van der Waals surface area contributed by atoms with Gasteiger partial charge in [-0.1, -0.05) is 25.5 Å². The summed E-state index contributed by atoms with van der Waals surface area (Å²) in [5.74, 6) is -0.896. The lowest BCUT2D eigenvalue weighted by atomic mass is 9.76. The van der Waals surface area contributed by atoms with Gasteiger partial charge >= 0.3 is 12.0 Å². The first-order valence-electron chi connectivity index (χ1n) is 7.27. The van der Waals surface area contributed by atoms with Crippen molar-refractivity contribution in [2.24, 2.45) is 5.41 Å². The first-order valence-corrected chi connectivity index (χ1v) is 7.27. The zero-order valence-corrected chi connectivity index (χ0v) is 12.6. The molecule has 112 valence electrons. The maximum absolute atomic E-state index is 12.6. The number of hydrogen-bond donors (Lipinski definition) is 1. The van der Waals surface area contributed by atoms with Crippen LogP contribution in [-0.4, -0.2) is 52.6 Å². The summed E-state index contributed by atoms with van der Waals surface area (Å²) in [4.78, 5) is 27.5. The third kappa shape index (κ3) is 2.81. The fourth-order valence-electron chi connectivity index (χ4n) is 3.19. The van der Waals surface area contributed by atoms with E-state index in [0.717, 1.165) is 19.3 Å². The smallest absolute Gasteiger partial charge is 0.327 e. The number of carbonyl (C=O) groups is 2. The molecule has 0 aromatic carbocycles. The normalized spacial score (nSPS) is 26.1. The highest BCUT2D eigenvalue weighted by Gasteiger charge is 2.45. The van der Waals surface area contributed by atoms with Gasteiger partial charge < -0.3 is 14.9 Å². The predicted molar refractivity (Wildman–Crippen MR) is 76.5 cm³/mol. The molecular formula is C15H24N2O3. The topological polar surface area (TPSA) is 60.9 Å². The van der Waals surface area contributed by atoms with Gasteiger partial charge in [-0.2, -0.15) is 0 Å². The van der Waals surface area contributed by atoms with Gasteiger partial charge in [0.15, 0.2) is 0 Å². The molecule has 0 aromatic heterocycles. The molecule has 0 saturated carbocycles. The minimum absolute atomic E-state index is 0.131. The van der Waals surface area contributed by atoms with Gasteiger partial charge in [0.25, 0.3) is 0 Å². The van der Waals surface area contributed by atoms with Gasteiger partial charge in [-0.3, -0.25) is 0 Å². The summed E-state index contributed by atoms with van der Waals surface area (Å²) in [5.41, 5.74) is 0.921. The highest BCUT2D eigenvalue weighted by molar-refractivity contribution is 5.84. The molecule has 1 fully saturated rings. The fourth-order valence-corrected chi connectivity index (χ4v) is 3.19. The van der Waals surface area contributed by atoms with Crippen LogP contribution in [0, 0.1) is 5.41 Å². The van der Waals surface area contributed by atoms with Crippen molar-refractivity contribution in [3.63, 3.8) is 0 Å². The van der Waals surface area contributed by atoms with Gasteiger partial charge in [0.05, 0.1) is 0 Å². The van der Waals surface area contributed by atoms with Gasteiger partial charge in [-0.25, -0.2) is 9.59 Å². The molecule has 20 heavy (non-hydrogen) atoms. The Bertz CT molecular complexity index is 442. The lowest BCUT2D eigenvalue weighted by Gasteiger charge is -2.45. The Kier molecular flexibility index (Phi) is 4.06. The molecule has 2 aliphatic heterocycles. The van der Waals surface area contributed by atoms with Crippen LogP contribution >= 0.6 is 0 Å². The Morgan fingerprint density at radius 1 is 1.35 bits per heavy atom. The molecule has 2 heterocycles. The maximum Gasteiger partial charge on any atom is 0.327 e. The molecule has 1 saturated heterocycles. The Morgan fingerprint density at radius 3 is 2.60 bits per heavy atom. The van der Waals surface area contributed by atoms with Crippen molar-refractivity contribution in [3.05, 3.63) is 11.6 Å². The lowest BCUT2D eigenvalue weighted by Crippen LogP contribution is -2.59. The molecule has 1 N–H and O–H groups in total. The van der Waals surface area contributed by atoms with E-state index in [-0.39, 0.29) is 11.4 Å². The zero-order chi connectivity index (χ0) is 14.9. The molecule has 1 unspecified atom stereocenters. The number of carboxylic acid groups (broad SMARTS) is 1. The third-order valence-electron chi connectivity index (χ3n) is 4.46. The molecule has 5 heteroatoms. The van der Waals surface area contributed by atoms with Gasteiger partial charge in [-0.05, 0) is 31.6 Å². The quantitative estimate of drug-likeness (QED) is 0.750. The summed E-state index contributed by atoms with van der Waals surface area (Å²) in [5, 5.41) is 9.51. The van der Waals surface area contributed by atoms with Crippen molar-refractivity contribution in [3.8, 4) is 0 Å². The number of piperidine rings is 1. The number of carbonyl (C=O) groups excluding carboxylic acids is 1. The second kappa shape index (κ2) is 5.46. The van der Waals surface area contributed by atoms with Gasteiger partial charge in [0.1, 0.15) is 6.04 Å². The Labute approximate surface area is 120 Å². The zero-order valence-electron chi connectivity index (χ0n) is 12.6. The van der Waals surface area contributed by atoms with E-state index in [2.05, 4.69) is 6.92 Å². The largest absolute Gasteiger partial charge is 0.480 e. The Hall–Kier alpha value is -1.52. The van der Waals surface area contributed by atoms with Crippen LogP contribution in [-0.2, 0) is 4.79 Å². The minimum atomic E-state index is -0.896. The van der Waals surface area contributed by atoms with Crippen LogP contribution in [0.15, 0.2) is 11.6 Å². The second-order valence-electron chi connectivity index (χ2n) is 6.56. The molecular weight excluding hydrogens is 256 g/mol. The summed E-state index contributed by atoms with van der Waals surface area (Å²) in [6.07, 6.45) is 4.63. The molecule has 2 rings (SSSR count). The summed E-state index contributed by atoms with van der Waals surface area (Å²) < 4.78 is 0. The lowest BCUT2D eigenvalue weighted by molar-refractivity contribution is -0.148. The Balaban J connectivity index is 2.17. The van der Waals surface area contributed by atoms with E-state index in [1.54, 1.807) is 9.80 Å². The number of likely N-dealkylation sites (tertiary alicyclic amines) is 1. The molecule has 0 aliphatic carbocycles. The summed E-state index contributed by atoms with van der Waals surface area (Å²) in [6, 6.07) is -0.857. The van der Waals surface area contributed by atoms with Crippen molar-refractivity contribution in [1.82, 2.24) is 9.80 Å². The average molecular weight is 280 g/mol. The van der Waals surface area contributed by atoms with E-state index < -0.39 is 12.0 Å². The highest BCUT2D eigenvalue weighted by Crippen LogP contribution is 2.36. The van der Waals surface area contributed by atoms with Crippen molar-refractivity contribution in [2.75, 3.05) is 19.6 Å². The predicted octanol–water partition coefficient (Wildman–Crippen LogP) is 2.33. The fraction of sp³-hybridized carbons (Fsp3) is 0.733. The van der Waals surface area contributed by atoms with Crippen LogP contribution in [0.4, 0.5) is 4.79 Å². The first-order chi connectivity index (χ1) is 9.33. The van der Waals surface area contributed by atoms with Crippen molar-refractivity contribution >= 4 is 12.0 Å². The van der Waals surface area contributed by atoms with Crippen LogP contribution in [0.1, 0.15) is 40.0 Å². The van der Waals surface area contributed by atoms with E-state index >= 15 is 0 Å². The van der Waals surface area contributed by atoms with Crippen molar-refractivity contribution in [2.45, 2.75) is 46.1 Å². The molecule has 5 nitrogen and oxygen atoms in total. The van der Waals surface area contributed by atoms with Crippen LogP contribution in [0.5, 0.6) is 0 Å². The molecule has 0 spiro atoms. The molecule has 2 aliphatic rings. The summed E-state index contributed by atoms with van der Waals surface area (Å²) >= 11 is 0. The van der Waals surface area contributed by atoms with E-state index in [0.29, 0.717) is 19.6 Å². The van der Waals surface area contributed by atoms with Gasteiger partial charge in [0.2, 0.25) is 0 Å². The van der Waals surface area contributed by atoms with E-state index in [1.165, 1.54) is 5.57 Å². The second-order valence-corrected chi connectivity index (χ2v) is 6.56. The monoisotopic (exact) mass is 280 g/mol. The number of hydrogen-bond acceptors (Lipinski definition) is 2. The number of rotatable bonds is 1. The molecule has 1 atom stereocenters. The van der Waals surface area contributed by atoms with Gasteiger partial charge in [-0.15, -0.1) is 0 Å².